The quantitative estimate of drug-likeness (QED) is 0.507. The number of rotatable bonds is 6. The Balaban J connectivity index is 1.25. The summed E-state index contributed by atoms with van der Waals surface area (Å²) in [5, 5.41) is 14.2. The number of aromatic nitrogens is 1. The van der Waals surface area contributed by atoms with Gasteiger partial charge in [0.05, 0.1) is 6.04 Å². The fraction of sp³-hybridized carbons (Fsp3) is 0.286. The minimum absolute atomic E-state index is 0.0159. The van der Waals surface area contributed by atoms with E-state index in [1.165, 1.54) is 10.9 Å². The molecule has 0 spiro atoms. The summed E-state index contributed by atoms with van der Waals surface area (Å²) < 4.78 is 2.21. The Kier molecular flexibility index (Phi) is 5.09. The standard InChI is InChI=1S/C21H24N4O2/c26-20-9-4-2-7-16(20)17-14-18(24-23-17)21(27)22-11-5-12-25-13-10-15-6-1-3-8-19(15)25/h1-4,6-10,13,17-18,23-24,26H,5,11-12,14H2,(H,22,27). The molecule has 1 aliphatic heterocycles. The van der Waals surface area contributed by atoms with Gasteiger partial charge < -0.3 is 15.0 Å². The molecule has 1 aliphatic rings. The molecule has 6 heteroatoms. The number of aryl methyl sites for hydroxylation is 1. The molecule has 4 N–H and O–H groups in total. The summed E-state index contributed by atoms with van der Waals surface area (Å²) in [6.45, 7) is 1.50. The number of para-hydroxylation sites is 2. The van der Waals surface area contributed by atoms with Gasteiger partial charge in [-0.1, -0.05) is 36.4 Å². The Morgan fingerprint density at radius 1 is 1.11 bits per heavy atom. The predicted molar refractivity (Wildman–Crippen MR) is 105 cm³/mol. The molecule has 0 bridgehead atoms. The van der Waals surface area contributed by atoms with E-state index in [1.54, 1.807) is 12.1 Å². The molecular formula is C21H24N4O2. The van der Waals surface area contributed by atoms with Crippen molar-refractivity contribution in [1.82, 2.24) is 20.7 Å². The summed E-state index contributed by atoms with van der Waals surface area (Å²) in [4.78, 5) is 12.4. The summed E-state index contributed by atoms with van der Waals surface area (Å²) >= 11 is 0. The molecule has 6 nitrogen and oxygen atoms in total. The van der Waals surface area contributed by atoms with E-state index in [4.69, 9.17) is 0 Å². The summed E-state index contributed by atoms with van der Waals surface area (Å²) in [7, 11) is 0. The van der Waals surface area contributed by atoms with Crippen LogP contribution in [-0.2, 0) is 11.3 Å². The SMILES string of the molecule is O=C(NCCCn1ccc2ccccc21)C1CC(c2ccccc2O)NN1. The molecule has 0 saturated carbocycles. The number of hydrazine groups is 1. The van der Waals surface area contributed by atoms with Crippen LogP contribution < -0.4 is 16.2 Å². The Labute approximate surface area is 158 Å². The van der Waals surface area contributed by atoms with Crippen molar-refractivity contribution in [3.05, 3.63) is 66.4 Å². The van der Waals surface area contributed by atoms with E-state index in [1.807, 2.05) is 24.3 Å². The third-order valence-electron chi connectivity index (χ3n) is 5.09. The molecule has 2 unspecified atom stereocenters. The van der Waals surface area contributed by atoms with Crippen molar-refractivity contribution in [2.24, 2.45) is 0 Å². The monoisotopic (exact) mass is 364 g/mol. The molecule has 2 heterocycles. The third-order valence-corrected chi connectivity index (χ3v) is 5.09. The zero-order valence-corrected chi connectivity index (χ0v) is 15.1. The van der Waals surface area contributed by atoms with Gasteiger partial charge in [-0.2, -0.15) is 0 Å². The van der Waals surface area contributed by atoms with Crippen molar-refractivity contribution in [2.45, 2.75) is 31.5 Å². The second-order valence-corrected chi connectivity index (χ2v) is 6.90. The molecule has 2 atom stereocenters. The van der Waals surface area contributed by atoms with Gasteiger partial charge in [-0.25, -0.2) is 10.9 Å². The molecule has 1 amide bonds. The van der Waals surface area contributed by atoms with Crippen LogP contribution in [0.15, 0.2) is 60.8 Å². The first-order valence-electron chi connectivity index (χ1n) is 9.33. The lowest BCUT2D eigenvalue weighted by Gasteiger charge is -2.12. The van der Waals surface area contributed by atoms with E-state index in [2.05, 4.69) is 45.1 Å². The van der Waals surface area contributed by atoms with Crippen LogP contribution >= 0.6 is 0 Å². The minimum Gasteiger partial charge on any atom is -0.508 e. The first kappa shape index (κ1) is 17.6. The van der Waals surface area contributed by atoms with E-state index in [9.17, 15) is 9.90 Å². The van der Waals surface area contributed by atoms with Crippen molar-refractivity contribution in [2.75, 3.05) is 6.54 Å². The number of phenols is 1. The normalized spacial score (nSPS) is 19.4. The molecule has 0 aliphatic carbocycles. The Morgan fingerprint density at radius 2 is 1.93 bits per heavy atom. The zero-order chi connectivity index (χ0) is 18.6. The molecule has 4 rings (SSSR count). The van der Waals surface area contributed by atoms with Gasteiger partial charge in [-0.15, -0.1) is 0 Å². The van der Waals surface area contributed by atoms with Gasteiger partial charge >= 0.3 is 0 Å². The van der Waals surface area contributed by atoms with Crippen molar-refractivity contribution in [3.63, 3.8) is 0 Å². The van der Waals surface area contributed by atoms with Crippen LogP contribution in [0.5, 0.6) is 5.75 Å². The number of fused-ring (bicyclic) bond motifs is 1. The average molecular weight is 364 g/mol. The molecule has 140 valence electrons. The highest BCUT2D eigenvalue weighted by atomic mass is 16.3. The molecule has 3 aromatic rings. The van der Waals surface area contributed by atoms with Gasteiger partial charge in [0.1, 0.15) is 11.8 Å². The van der Waals surface area contributed by atoms with E-state index in [0.29, 0.717) is 13.0 Å². The largest absolute Gasteiger partial charge is 0.508 e. The highest BCUT2D eigenvalue weighted by Gasteiger charge is 2.30. The number of carbonyl (C=O) groups is 1. The lowest BCUT2D eigenvalue weighted by Crippen LogP contribution is -2.43. The number of carbonyl (C=O) groups excluding carboxylic acids is 1. The van der Waals surface area contributed by atoms with Gasteiger partial charge in [-0.3, -0.25) is 4.79 Å². The average Bonchev–Trinajstić information content (AvgIpc) is 3.33. The van der Waals surface area contributed by atoms with Crippen LogP contribution in [0.4, 0.5) is 0 Å². The van der Waals surface area contributed by atoms with Crippen LogP contribution in [0.3, 0.4) is 0 Å². The van der Waals surface area contributed by atoms with Crippen LogP contribution in [0.25, 0.3) is 10.9 Å². The van der Waals surface area contributed by atoms with Gasteiger partial charge in [0.25, 0.3) is 0 Å². The third kappa shape index (κ3) is 3.82. The van der Waals surface area contributed by atoms with E-state index in [0.717, 1.165) is 18.5 Å². The van der Waals surface area contributed by atoms with Gasteiger partial charge in [-0.05, 0) is 36.4 Å². The Bertz CT molecular complexity index is 937. The van der Waals surface area contributed by atoms with Crippen LogP contribution in [0.2, 0.25) is 0 Å². The molecule has 1 aromatic heterocycles. The van der Waals surface area contributed by atoms with Crippen molar-refractivity contribution in [3.8, 4) is 5.75 Å². The second-order valence-electron chi connectivity index (χ2n) is 6.90. The lowest BCUT2D eigenvalue weighted by atomic mass is 10.0. The predicted octanol–water partition coefficient (Wildman–Crippen LogP) is 2.46. The number of benzene rings is 2. The van der Waals surface area contributed by atoms with Gasteiger partial charge in [0.15, 0.2) is 0 Å². The number of hydrogen-bond donors (Lipinski definition) is 4. The highest BCUT2D eigenvalue weighted by molar-refractivity contribution is 5.82. The second kappa shape index (κ2) is 7.82. The van der Waals surface area contributed by atoms with E-state index in [-0.39, 0.29) is 23.7 Å². The topological polar surface area (TPSA) is 78.3 Å². The summed E-state index contributed by atoms with van der Waals surface area (Å²) in [6.07, 6.45) is 3.56. The summed E-state index contributed by atoms with van der Waals surface area (Å²) in [5.41, 5.74) is 8.16. The molecule has 1 saturated heterocycles. The Morgan fingerprint density at radius 3 is 2.81 bits per heavy atom. The fourth-order valence-corrected chi connectivity index (χ4v) is 3.63. The number of phenolic OH excluding ortho intramolecular Hbond substituents is 1. The number of amides is 1. The van der Waals surface area contributed by atoms with Crippen LogP contribution in [0.1, 0.15) is 24.4 Å². The van der Waals surface area contributed by atoms with E-state index >= 15 is 0 Å². The molecule has 0 radical (unpaired) electrons. The van der Waals surface area contributed by atoms with E-state index < -0.39 is 0 Å². The fourth-order valence-electron chi connectivity index (χ4n) is 3.63. The number of hydrogen-bond acceptors (Lipinski definition) is 4. The molecule has 1 fully saturated rings. The maximum Gasteiger partial charge on any atom is 0.238 e. The highest BCUT2D eigenvalue weighted by Crippen LogP contribution is 2.29. The Hall–Kier alpha value is -2.83. The smallest absolute Gasteiger partial charge is 0.238 e. The van der Waals surface area contributed by atoms with Crippen molar-refractivity contribution in [1.29, 1.82) is 0 Å². The zero-order valence-electron chi connectivity index (χ0n) is 15.1. The minimum atomic E-state index is -0.304. The first-order chi connectivity index (χ1) is 13.2. The van der Waals surface area contributed by atoms with Crippen molar-refractivity contribution >= 4 is 16.8 Å². The van der Waals surface area contributed by atoms with Gasteiger partial charge in [0, 0.05) is 30.4 Å². The van der Waals surface area contributed by atoms with Crippen molar-refractivity contribution < 1.29 is 9.90 Å². The van der Waals surface area contributed by atoms with Crippen LogP contribution in [0, 0.1) is 0 Å². The number of nitrogens with zero attached hydrogens (tertiary/aromatic N) is 1. The summed E-state index contributed by atoms with van der Waals surface area (Å²) in [5.74, 6) is 0.231. The first-order valence-corrected chi connectivity index (χ1v) is 9.33. The molecule has 27 heavy (non-hydrogen) atoms. The number of aromatic hydroxyl groups is 1. The molecular weight excluding hydrogens is 340 g/mol. The lowest BCUT2D eigenvalue weighted by molar-refractivity contribution is -0.122. The maximum atomic E-state index is 12.4. The van der Waals surface area contributed by atoms with Crippen LogP contribution in [-0.4, -0.2) is 28.2 Å². The summed E-state index contributed by atoms with van der Waals surface area (Å²) in [6, 6.07) is 17.2. The maximum absolute atomic E-state index is 12.4. The molecule has 2 aromatic carbocycles. The van der Waals surface area contributed by atoms with Gasteiger partial charge in [0.2, 0.25) is 5.91 Å². The number of nitrogens with one attached hydrogen (secondary N) is 3.